The monoisotopic (exact) mass is 451 g/mol. The second-order valence-corrected chi connectivity index (χ2v) is 8.14. The first-order valence-corrected chi connectivity index (χ1v) is 10.3. The zero-order chi connectivity index (χ0) is 22.3. The van der Waals surface area contributed by atoms with Crippen LogP contribution < -0.4 is 15.6 Å². The molecule has 0 amide bonds. The number of aryl methyl sites for hydroxylation is 1. The molecule has 1 aliphatic heterocycles. The minimum absolute atomic E-state index is 0.189. The Hall–Kier alpha value is -2.96. The molecule has 1 fully saturated rings. The van der Waals surface area contributed by atoms with Crippen molar-refractivity contribution in [1.82, 2.24) is 19.9 Å². The maximum absolute atomic E-state index is 12.8. The van der Waals surface area contributed by atoms with Crippen molar-refractivity contribution in [2.24, 2.45) is 5.92 Å². The molecule has 4 heterocycles. The molecule has 0 aliphatic carbocycles. The van der Waals surface area contributed by atoms with Crippen LogP contribution in [0, 0.1) is 12.8 Å². The summed E-state index contributed by atoms with van der Waals surface area (Å²) in [6, 6.07) is 1.68. The number of carbonyl (C=O) groups is 1. The van der Waals surface area contributed by atoms with Gasteiger partial charge in [0.2, 0.25) is 5.43 Å². The minimum Gasteiger partial charge on any atom is -0.477 e. The van der Waals surface area contributed by atoms with Gasteiger partial charge in [-0.15, -0.1) is 11.3 Å². The van der Waals surface area contributed by atoms with E-state index < -0.39 is 30.6 Å². The standard InChI is InChI=1S/C19H19F2N5O4S/c1-9-4-13(25-6-10(7-25)17(28)23-5-12(20)21)24-16-14(9)15(27)11(18(29)30)8-26(16)19-22-2-3-31-19/h2-4,8,10,12,17,23,28H,5-7H2,1H3,(H,29,30). The van der Waals surface area contributed by atoms with E-state index in [1.54, 1.807) is 24.6 Å². The third-order valence-electron chi connectivity index (χ3n) is 5.16. The summed E-state index contributed by atoms with van der Waals surface area (Å²) in [4.78, 5) is 35.0. The summed E-state index contributed by atoms with van der Waals surface area (Å²) in [5, 5.41) is 24.2. The average molecular weight is 451 g/mol. The normalized spacial score (nSPS) is 15.5. The Labute approximate surface area is 178 Å². The molecule has 1 saturated heterocycles. The first kappa shape index (κ1) is 21.3. The molecule has 1 aliphatic rings. The number of pyridine rings is 2. The number of hydrogen-bond acceptors (Lipinski definition) is 8. The van der Waals surface area contributed by atoms with Crippen LogP contribution in [-0.4, -0.2) is 63.0 Å². The molecule has 1 unspecified atom stereocenters. The first-order chi connectivity index (χ1) is 14.8. The highest BCUT2D eigenvalue weighted by atomic mass is 32.1. The van der Waals surface area contributed by atoms with Crippen molar-refractivity contribution >= 4 is 34.2 Å². The van der Waals surface area contributed by atoms with Crippen molar-refractivity contribution in [3.8, 4) is 5.13 Å². The number of carboxylic acid groups (broad SMARTS) is 1. The van der Waals surface area contributed by atoms with Crippen LogP contribution in [0.4, 0.5) is 14.6 Å². The molecule has 0 aromatic carbocycles. The molecule has 0 radical (unpaired) electrons. The van der Waals surface area contributed by atoms with Crippen LogP contribution in [0.15, 0.2) is 28.6 Å². The summed E-state index contributed by atoms with van der Waals surface area (Å²) < 4.78 is 26.1. The summed E-state index contributed by atoms with van der Waals surface area (Å²) in [7, 11) is 0. The Morgan fingerprint density at radius 1 is 1.42 bits per heavy atom. The lowest BCUT2D eigenvalue weighted by molar-refractivity contribution is 0.0386. The number of aliphatic hydroxyl groups is 1. The van der Waals surface area contributed by atoms with Gasteiger partial charge in [0.05, 0.1) is 11.9 Å². The van der Waals surface area contributed by atoms with Crippen molar-refractivity contribution in [3.63, 3.8) is 0 Å². The van der Waals surface area contributed by atoms with Crippen LogP contribution in [0.5, 0.6) is 0 Å². The third kappa shape index (κ3) is 4.01. The van der Waals surface area contributed by atoms with E-state index in [1.807, 2.05) is 4.90 Å². The molecule has 164 valence electrons. The highest BCUT2D eigenvalue weighted by Crippen LogP contribution is 2.29. The Morgan fingerprint density at radius 3 is 2.77 bits per heavy atom. The lowest BCUT2D eigenvalue weighted by Crippen LogP contribution is -2.56. The second-order valence-electron chi connectivity index (χ2n) is 7.27. The van der Waals surface area contributed by atoms with Crippen LogP contribution in [0.1, 0.15) is 15.9 Å². The van der Waals surface area contributed by atoms with Gasteiger partial charge in [0.25, 0.3) is 6.43 Å². The number of anilines is 1. The summed E-state index contributed by atoms with van der Waals surface area (Å²) in [6.07, 6.45) is -0.819. The summed E-state index contributed by atoms with van der Waals surface area (Å²) in [5.74, 6) is -1.04. The Bertz CT molecular complexity index is 1180. The molecule has 3 aromatic heterocycles. The fraction of sp³-hybridized carbons (Fsp3) is 0.368. The maximum Gasteiger partial charge on any atom is 0.341 e. The minimum atomic E-state index is -2.55. The van der Waals surface area contributed by atoms with E-state index in [-0.39, 0.29) is 22.5 Å². The Morgan fingerprint density at radius 2 is 2.16 bits per heavy atom. The fourth-order valence-corrected chi connectivity index (χ4v) is 4.17. The Kier molecular flexibility index (Phi) is 5.69. The van der Waals surface area contributed by atoms with Gasteiger partial charge in [-0.25, -0.2) is 23.5 Å². The van der Waals surface area contributed by atoms with Crippen molar-refractivity contribution in [2.75, 3.05) is 24.5 Å². The van der Waals surface area contributed by atoms with Gasteiger partial charge in [-0.3, -0.25) is 14.7 Å². The molecule has 9 nitrogen and oxygen atoms in total. The molecule has 3 aromatic rings. The number of fused-ring (bicyclic) bond motifs is 1. The molecule has 0 saturated carbocycles. The van der Waals surface area contributed by atoms with Gasteiger partial charge >= 0.3 is 5.97 Å². The van der Waals surface area contributed by atoms with E-state index in [1.165, 1.54) is 22.1 Å². The molecule has 0 spiro atoms. The highest BCUT2D eigenvalue weighted by Gasteiger charge is 2.34. The average Bonchev–Trinajstić information content (AvgIpc) is 3.19. The highest BCUT2D eigenvalue weighted by molar-refractivity contribution is 7.12. The van der Waals surface area contributed by atoms with Crippen LogP contribution in [0.3, 0.4) is 0 Å². The molecule has 3 N–H and O–H groups in total. The number of thiazole rings is 1. The van der Waals surface area contributed by atoms with Crippen LogP contribution in [0.25, 0.3) is 16.2 Å². The zero-order valence-corrected chi connectivity index (χ0v) is 17.1. The van der Waals surface area contributed by atoms with Crippen LogP contribution in [0.2, 0.25) is 0 Å². The molecule has 0 bridgehead atoms. The van der Waals surface area contributed by atoms with Crippen molar-refractivity contribution in [3.05, 3.63) is 45.2 Å². The number of aromatic carboxylic acids is 1. The third-order valence-corrected chi connectivity index (χ3v) is 5.93. The van der Waals surface area contributed by atoms with Gasteiger partial charge in [0, 0.05) is 36.8 Å². The molecule has 12 heteroatoms. The van der Waals surface area contributed by atoms with Crippen molar-refractivity contribution < 1.29 is 23.8 Å². The topological polar surface area (TPSA) is 121 Å². The van der Waals surface area contributed by atoms with Gasteiger partial charge in [-0.1, -0.05) is 0 Å². The number of hydrogen-bond donors (Lipinski definition) is 3. The van der Waals surface area contributed by atoms with Gasteiger partial charge in [0.15, 0.2) is 10.8 Å². The van der Waals surface area contributed by atoms with Crippen LogP contribution in [-0.2, 0) is 0 Å². The lowest BCUT2D eigenvalue weighted by Gasteiger charge is -2.42. The van der Waals surface area contributed by atoms with E-state index in [0.29, 0.717) is 29.6 Å². The molecular formula is C19H19F2N5O4S. The van der Waals surface area contributed by atoms with Gasteiger partial charge in [-0.05, 0) is 18.6 Å². The fourth-order valence-electron chi connectivity index (χ4n) is 3.55. The van der Waals surface area contributed by atoms with Gasteiger partial charge < -0.3 is 15.1 Å². The largest absolute Gasteiger partial charge is 0.477 e. The molecule has 1 atom stereocenters. The quantitative estimate of drug-likeness (QED) is 0.462. The number of aliphatic hydroxyl groups excluding tert-OH is 1. The smallest absolute Gasteiger partial charge is 0.341 e. The van der Waals surface area contributed by atoms with Crippen LogP contribution >= 0.6 is 11.3 Å². The number of nitrogens with zero attached hydrogens (tertiary/aromatic N) is 4. The summed E-state index contributed by atoms with van der Waals surface area (Å²) >= 11 is 1.27. The first-order valence-electron chi connectivity index (χ1n) is 9.41. The van der Waals surface area contributed by atoms with E-state index in [9.17, 15) is 28.6 Å². The molecule has 31 heavy (non-hydrogen) atoms. The molecule has 4 rings (SSSR count). The van der Waals surface area contributed by atoms with E-state index in [0.717, 1.165) is 0 Å². The van der Waals surface area contributed by atoms with Gasteiger partial charge in [-0.2, -0.15) is 0 Å². The number of carboxylic acids is 1. The number of rotatable bonds is 7. The Balaban J connectivity index is 1.71. The lowest BCUT2D eigenvalue weighted by atomic mass is 9.97. The van der Waals surface area contributed by atoms with Gasteiger partial charge in [0.1, 0.15) is 17.6 Å². The van der Waals surface area contributed by atoms with E-state index in [4.69, 9.17) is 0 Å². The number of halogens is 2. The summed E-state index contributed by atoms with van der Waals surface area (Å²) in [5.41, 5.74) is -0.171. The predicted octanol–water partition coefficient (Wildman–Crippen LogP) is 1.46. The predicted molar refractivity (Wildman–Crippen MR) is 110 cm³/mol. The van der Waals surface area contributed by atoms with Crippen molar-refractivity contribution in [1.29, 1.82) is 0 Å². The number of alkyl halides is 2. The van der Waals surface area contributed by atoms with E-state index in [2.05, 4.69) is 15.3 Å². The second kappa shape index (κ2) is 8.29. The van der Waals surface area contributed by atoms with E-state index >= 15 is 0 Å². The summed E-state index contributed by atoms with van der Waals surface area (Å²) in [6.45, 7) is 1.90. The SMILES string of the molecule is Cc1cc(N2CC(C(O)NCC(F)F)C2)nc2c1c(=O)c(C(=O)O)cn2-c1nccs1. The zero-order valence-electron chi connectivity index (χ0n) is 16.3. The van der Waals surface area contributed by atoms with Crippen molar-refractivity contribution in [2.45, 2.75) is 19.6 Å². The number of nitrogens with one attached hydrogen (secondary N) is 1. The number of aromatic nitrogens is 3. The molecular weight excluding hydrogens is 432 g/mol. The maximum atomic E-state index is 12.8.